The molecule has 2 aromatic rings. The average molecular weight is 343 g/mol. The molecular weight excluding hydrogens is 328 g/mol. The molecule has 0 radical (unpaired) electrons. The van der Waals surface area contributed by atoms with Gasteiger partial charge in [0.15, 0.2) is 0 Å². The maximum absolute atomic E-state index is 5.73. The zero-order valence-electron chi connectivity index (χ0n) is 9.91. The van der Waals surface area contributed by atoms with E-state index < -0.39 is 0 Å². The van der Waals surface area contributed by atoms with Crippen LogP contribution in [0.3, 0.4) is 0 Å². The molecule has 2 nitrogen and oxygen atoms in total. The van der Waals surface area contributed by atoms with E-state index in [4.69, 9.17) is 5.84 Å². The van der Waals surface area contributed by atoms with Gasteiger partial charge in [0.05, 0.1) is 9.83 Å². The van der Waals surface area contributed by atoms with Crippen molar-refractivity contribution in [3.63, 3.8) is 0 Å². The molecule has 18 heavy (non-hydrogen) atoms. The van der Waals surface area contributed by atoms with Crippen molar-refractivity contribution in [2.45, 2.75) is 31.7 Å². The Morgan fingerprint density at radius 1 is 1.33 bits per heavy atom. The molecule has 0 spiro atoms. The lowest BCUT2D eigenvalue weighted by Crippen LogP contribution is -2.28. The van der Waals surface area contributed by atoms with Gasteiger partial charge >= 0.3 is 0 Å². The first-order valence-electron chi connectivity index (χ1n) is 6.08. The number of hydrogen-bond acceptors (Lipinski definition) is 4. The minimum Gasteiger partial charge on any atom is -0.271 e. The Kier molecular flexibility index (Phi) is 3.86. The topological polar surface area (TPSA) is 38.0 Å². The summed E-state index contributed by atoms with van der Waals surface area (Å²) in [7, 11) is 0. The molecule has 0 saturated heterocycles. The predicted octanol–water partition coefficient (Wildman–Crippen LogP) is 3.81. The van der Waals surface area contributed by atoms with Crippen LogP contribution in [-0.2, 0) is 19.3 Å². The van der Waals surface area contributed by atoms with Gasteiger partial charge in [0, 0.05) is 21.1 Å². The Morgan fingerprint density at radius 2 is 2.22 bits per heavy atom. The molecule has 96 valence electrons. The van der Waals surface area contributed by atoms with Crippen LogP contribution in [-0.4, -0.2) is 0 Å². The number of thiophene rings is 2. The monoisotopic (exact) mass is 342 g/mol. The first-order valence-corrected chi connectivity index (χ1v) is 8.50. The van der Waals surface area contributed by atoms with Crippen LogP contribution in [0.2, 0.25) is 0 Å². The second-order valence-corrected chi connectivity index (χ2v) is 8.30. The van der Waals surface area contributed by atoms with Crippen LogP contribution in [0, 0.1) is 0 Å². The number of aryl methyl sites for hydroxylation is 2. The summed E-state index contributed by atoms with van der Waals surface area (Å²) in [6.07, 6.45) is 4.78. The number of nitrogens with one attached hydrogen (secondary N) is 1. The fourth-order valence-electron chi connectivity index (χ4n) is 2.43. The summed E-state index contributed by atoms with van der Waals surface area (Å²) in [4.78, 5) is 4.31. The Bertz CT molecular complexity index is 525. The number of rotatable bonds is 4. The number of halogens is 1. The van der Waals surface area contributed by atoms with Crippen LogP contribution in [0.25, 0.3) is 0 Å². The van der Waals surface area contributed by atoms with Crippen molar-refractivity contribution in [1.82, 2.24) is 5.43 Å². The second-order valence-electron chi connectivity index (χ2n) is 4.58. The summed E-state index contributed by atoms with van der Waals surface area (Å²) in [6, 6.07) is 6.86. The van der Waals surface area contributed by atoms with Crippen LogP contribution < -0.4 is 11.3 Å². The van der Waals surface area contributed by atoms with Crippen LogP contribution >= 0.6 is 38.6 Å². The largest absolute Gasteiger partial charge is 0.271 e. The SMILES string of the molecule is NNC(Cc1ccc(Br)s1)c1cc2c(s1)CCC2. The molecule has 2 aromatic heterocycles. The minimum absolute atomic E-state index is 0.242. The minimum atomic E-state index is 0.242. The maximum atomic E-state index is 5.73. The molecule has 0 aliphatic heterocycles. The normalized spacial score (nSPS) is 15.9. The third-order valence-electron chi connectivity index (χ3n) is 3.34. The third kappa shape index (κ3) is 2.56. The Labute approximate surface area is 123 Å². The van der Waals surface area contributed by atoms with E-state index in [9.17, 15) is 0 Å². The van der Waals surface area contributed by atoms with Crippen molar-refractivity contribution >= 4 is 38.6 Å². The van der Waals surface area contributed by atoms with Crippen molar-refractivity contribution < 1.29 is 0 Å². The fourth-order valence-corrected chi connectivity index (χ4v) is 5.27. The van der Waals surface area contributed by atoms with Gasteiger partial charge in [0.1, 0.15) is 0 Å². The van der Waals surface area contributed by atoms with Gasteiger partial charge in [-0.15, -0.1) is 22.7 Å². The zero-order chi connectivity index (χ0) is 12.5. The molecule has 0 amide bonds. The van der Waals surface area contributed by atoms with Crippen molar-refractivity contribution in [2.75, 3.05) is 0 Å². The summed E-state index contributed by atoms with van der Waals surface area (Å²) in [6.45, 7) is 0. The van der Waals surface area contributed by atoms with E-state index >= 15 is 0 Å². The number of hydrogen-bond donors (Lipinski definition) is 2. The van der Waals surface area contributed by atoms with Crippen LogP contribution in [0.15, 0.2) is 22.0 Å². The first kappa shape index (κ1) is 12.8. The van der Waals surface area contributed by atoms with Gasteiger partial charge in [-0.25, -0.2) is 0 Å². The number of nitrogens with two attached hydrogens (primary N) is 1. The Morgan fingerprint density at radius 3 is 2.89 bits per heavy atom. The number of fused-ring (bicyclic) bond motifs is 1. The lowest BCUT2D eigenvalue weighted by Gasteiger charge is -2.13. The Hall–Kier alpha value is -0.200. The third-order valence-corrected chi connectivity index (χ3v) is 6.34. The standard InChI is InChI=1S/C13H15BrN2S2/c14-13-5-4-9(17-13)7-10(16-15)12-6-8-2-1-3-11(8)18-12/h4-6,10,16H,1-3,7,15H2. The van der Waals surface area contributed by atoms with Gasteiger partial charge < -0.3 is 0 Å². The van der Waals surface area contributed by atoms with E-state index in [2.05, 4.69) is 39.6 Å². The summed E-state index contributed by atoms with van der Waals surface area (Å²) in [5, 5.41) is 0. The smallest absolute Gasteiger partial charge is 0.0701 e. The molecule has 1 unspecified atom stereocenters. The van der Waals surface area contributed by atoms with Gasteiger partial charge in [0.25, 0.3) is 0 Å². The second kappa shape index (κ2) is 5.43. The molecule has 3 N–H and O–H groups in total. The van der Waals surface area contributed by atoms with Crippen molar-refractivity contribution in [2.24, 2.45) is 5.84 Å². The summed E-state index contributed by atoms with van der Waals surface area (Å²) >= 11 is 7.22. The molecule has 5 heteroatoms. The van der Waals surface area contributed by atoms with Crippen molar-refractivity contribution in [3.05, 3.63) is 42.2 Å². The molecule has 0 aromatic carbocycles. The molecule has 0 bridgehead atoms. The van der Waals surface area contributed by atoms with Gasteiger partial charge in [-0.3, -0.25) is 11.3 Å². The van der Waals surface area contributed by atoms with Crippen molar-refractivity contribution in [1.29, 1.82) is 0 Å². The summed E-state index contributed by atoms with van der Waals surface area (Å²) in [5.74, 6) is 5.73. The molecule has 2 heterocycles. The Balaban J connectivity index is 1.79. The van der Waals surface area contributed by atoms with Crippen LogP contribution in [0.1, 0.15) is 32.7 Å². The van der Waals surface area contributed by atoms with E-state index in [-0.39, 0.29) is 6.04 Å². The molecule has 3 rings (SSSR count). The predicted molar refractivity (Wildman–Crippen MR) is 82.1 cm³/mol. The van der Waals surface area contributed by atoms with Gasteiger partial charge in [-0.05, 0) is 59.0 Å². The van der Waals surface area contributed by atoms with E-state index in [1.54, 1.807) is 21.8 Å². The maximum Gasteiger partial charge on any atom is 0.0701 e. The highest BCUT2D eigenvalue weighted by atomic mass is 79.9. The lowest BCUT2D eigenvalue weighted by atomic mass is 10.1. The van der Waals surface area contributed by atoms with E-state index in [0.29, 0.717) is 0 Å². The highest BCUT2D eigenvalue weighted by Crippen LogP contribution is 2.35. The number of hydrazine groups is 1. The lowest BCUT2D eigenvalue weighted by molar-refractivity contribution is 0.564. The highest BCUT2D eigenvalue weighted by molar-refractivity contribution is 9.11. The highest BCUT2D eigenvalue weighted by Gasteiger charge is 2.20. The molecule has 0 fully saturated rings. The van der Waals surface area contributed by atoms with E-state index in [1.807, 2.05) is 11.3 Å². The zero-order valence-corrected chi connectivity index (χ0v) is 13.1. The van der Waals surface area contributed by atoms with E-state index in [1.165, 1.54) is 32.8 Å². The summed E-state index contributed by atoms with van der Waals surface area (Å²) < 4.78 is 1.18. The van der Waals surface area contributed by atoms with E-state index in [0.717, 1.165) is 6.42 Å². The molecule has 1 aliphatic rings. The van der Waals surface area contributed by atoms with Crippen molar-refractivity contribution in [3.8, 4) is 0 Å². The molecule has 1 aliphatic carbocycles. The van der Waals surface area contributed by atoms with Gasteiger partial charge in [-0.1, -0.05) is 0 Å². The average Bonchev–Trinajstić information content (AvgIpc) is 3.00. The van der Waals surface area contributed by atoms with Gasteiger partial charge in [-0.2, -0.15) is 0 Å². The van der Waals surface area contributed by atoms with Crippen LogP contribution in [0.4, 0.5) is 0 Å². The summed E-state index contributed by atoms with van der Waals surface area (Å²) in [5.41, 5.74) is 4.51. The first-order chi connectivity index (χ1) is 8.76. The van der Waals surface area contributed by atoms with Gasteiger partial charge in [0.2, 0.25) is 0 Å². The molecule has 0 saturated carbocycles. The molecular formula is C13H15BrN2S2. The quantitative estimate of drug-likeness (QED) is 0.654. The molecule has 1 atom stereocenters. The van der Waals surface area contributed by atoms with Crippen LogP contribution in [0.5, 0.6) is 0 Å². The fraction of sp³-hybridized carbons (Fsp3) is 0.385.